The fourth-order valence-electron chi connectivity index (χ4n) is 12.9. The standard InChI is InChI=1S/C70H47NOS/c1-69(2)58-30-10-6-25-52(58)55-38-37-49(42-62(55)69)71(48-24-17-23-47(40-48)51-29-18-35-65-67(51)56-28-9-14-34-64(56)72-65)50-41-57(46-22-16-21-45(39-46)44-19-4-3-5-20-44)68-63(43-50)70(61-33-13-15-36-66(61)73-68)59-31-11-7-26-53(59)54-27-8-12-32-60(54)70/h3-43H,1-2H3. The molecule has 11 aromatic carbocycles. The molecule has 1 aromatic heterocycles. The van der Waals surface area contributed by atoms with Gasteiger partial charge >= 0.3 is 0 Å². The molecule has 0 unspecified atom stereocenters. The van der Waals surface area contributed by atoms with Crippen LogP contribution in [0.3, 0.4) is 0 Å². The third-order valence-electron chi connectivity index (χ3n) is 16.1. The molecule has 3 aliphatic rings. The van der Waals surface area contributed by atoms with E-state index in [1.165, 1.54) is 87.7 Å². The number of rotatable bonds is 6. The number of furan rings is 1. The van der Waals surface area contributed by atoms with Crippen LogP contribution in [0, 0.1) is 0 Å². The summed E-state index contributed by atoms with van der Waals surface area (Å²) in [5.41, 5.74) is 24.4. The van der Waals surface area contributed by atoms with E-state index in [0.29, 0.717) is 0 Å². The molecule has 0 saturated heterocycles. The minimum Gasteiger partial charge on any atom is -0.456 e. The Morgan fingerprint density at radius 3 is 1.68 bits per heavy atom. The quantitative estimate of drug-likeness (QED) is 0.165. The van der Waals surface area contributed by atoms with Crippen molar-refractivity contribution in [1.82, 2.24) is 0 Å². The lowest BCUT2D eigenvalue weighted by molar-refractivity contribution is 0.660. The molecular formula is C70H47NOS. The molecule has 0 atom stereocenters. The van der Waals surface area contributed by atoms with Crippen LogP contribution in [-0.2, 0) is 10.8 Å². The van der Waals surface area contributed by atoms with Gasteiger partial charge in [0.25, 0.3) is 0 Å². The number of fused-ring (bicyclic) bond motifs is 15. The molecule has 2 heterocycles. The smallest absolute Gasteiger partial charge is 0.136 e. The summed E-state index contributed by atoms with van der Waals surface area (Å²) in [5, 5.41) is 2.25. The molecule has 1 spiro atoms. The van der Waals surface area contributed by atoms with Crippen LogP contribution in [-0.4, -0.2) is 0 Å². The Kier molecular flexibility index (Phi) is 9.19. The first-order chi connectivity index (χ1) is 35.9. The van der Waals surface area contributed by atoms with Crippen molar-refractivity contribution in [2.75, 3.05) is 4.90 Å². The molecule has 73 heavy (non-hydrogen) atoms. The van der Waals surface area contributed by atoms with Crippen LogP contribution in [0.15, 0.2) is 263 Å². The highest BCUT2D eigenvalue weighted by molar-refractivity contribution is 7.99. The second-order valence-electron chi connectivity index (χ2n) is 20.3. The van der Waals surface area contributed by atoms with Gasteiger partial charge in [-0.3, -0.25) is 0 Å². The molecule has 0 amide bonds. The highest BCUT2D eigenvalue weighted by atomic mass is 32.2. The molecule has 0 fully saturated rings. The van der Waals surface area contributed by atoms with Crippen LogP contribution in [0.5, 0.6) is 0 Å². The molecule has 0 saturated carbocycles. The number of para-hydroxylation sites is 1. The molecule has 344 valence electrons. The van der Waals surface area contributed by atoms with Gasteiger partial charge in [-0.15, -0.1) is 0 Å². The molecule has 1 aliphatic heterocycles. The molecular weight excluding hydrogens is 903 g/mol. The molecule has 2 nitrogen and oxygen atoms in total. The molecule has 15 rings (SSSR count). The second kappa shape index (κ2) is 15.9. The van der Waals surface area contributed by atoms with Crippen molar-refractivity contribution in [3.63, 3.8) is 0 Å². The topological polar surface area (TPSA) is 16.4 Å². The highest BCUT2D eigenvalue weighted by Crippen LogP contribution is 2.64. The van der Waals surface area contributed by atoms with E-state index in [0.717, 1.165) is 50.1 Å². The van der Waals surface area contributed by atoms with E-state index in [9.17, 15) is 0 Å². The van der Waals surface area contributed by atoms with Crippen LogP contribution >= 0.6 is 11.8 Å². The van der Waals surface area contributed by atoms with E-state index in [1.807, 2.05) is 17.8 Å². The maximum atomic E-state index is 6.47. The summed E-state index contributed by atoms with van der Waals surface area (Å²) in [6, 6.07) is 92.6. The first-order valence-electron chi connectivity index (χ1n) is 25.3. The van der Waals surface area contributed by atoms with Gasteiger partial charge in [0.1, 0.15) is 11.2 Å². The van der Waals surface area contributed by atoms with Crippen molar-refractivity contribution in [2.24, 2.45) is 0 Å². The fourth-order valence-corrected chi connectivity index (χ4v) is 14.2. The minimum atomic E-state index is -0.598. The molecule has 0 radical (unpaired) electrons. The summed E-state index contributed by atoms with van der Waals surface area (Å²) < 4.78 is 6.47. The molecule has 2 aliphatic carbocycles. The largest absolute Gasteiger partial charge is 0.456 e. The zero-order chi connectivity index (χ0) is 48.4. The van der Waals surface area contributed by atoms with Gasteiger partial charge in [0.15, 0.2) is 0 Å². The van der Waals surface area contributed by atoms with E-state index in [-0.39, 0.29) is 5.41 Å². The Balaban J connectivity index is 1.05. The first kappa shape index (κ1) is 42.1. The summed E-state index contributed by atoms with van der Waals surface area (Å²) >= 11 is 1.91. The SMILES string of the molecule is CC1(C)c2ccccc2-c2ccc(N(c3cccc(-c4cccc5oc6ccccc6c45)c3)c3cc(-c4cccc(-c5ccccc5)c4)c4c(c3)C3(c5ccccc5S4)c4ccccc4-c4ccccc43)cc21. The summed E-state index contributed by atoms with van der Waals surface area (Å²) in [7, 11) is 0. The maximum absolute atomic E-state index is 6.47. The average Bonchev–Trinajstić information content (AvgIpc) is 4.06. The van der Waals surface area contributed by atoms with E-state index in [4.69, 9.17) is 4.42 Å². The molecule has 12 aromatic rings. The van der Waals surface area contributed by atoms with Gasteiger partial charge in [0.05, 0.1) is 5.41 Å². The van der Waals surface area contributed by atoms with E-state index in [1.54, 1.807) is 0 Å². The van der Waals surface area contributed by atoms with E-state index >= 15 is 0 Å². The van der Waals surface area contributed by atoms with Gasteiger partial charge < -0.3 is 9.32 Å². The van der Waals surface area contributed by atoms with Gasteiger partial charge in [0, 0.05) is 43.0 Å². The Morgan fingerprint density at radius 1 is 0.342 bits per heavy atom. The van der Waals surface area contributed by atoms with Crippen molar-refractivity contribution in [3.05, 3.63) is 282 Å². The predicted octanol–water partition coefficient (Wildman–Crippen LogP) is 19.2. The van der Waals surface area contributed by atoms with Crippen molar-refractivity contribution in [1.29, 1.82) is 0 Å². The average molecular weight is 950 g/mol. The number of benzene rings is 11. The van der Waals surface area contributed by atoms with Crippen molar-refractivity contribution in [2.45, 2.75) is 34.5 Å². The zero-order valence-corrected chi connectivity index (χ0v) is 41.3. The highest BCUT2D eigenvalue weighted by Gasteiger charge is 2.51. The monoisotopic (exact) mass is 949 g/mol. The van der Waals surface area contributed by atoms with Crippen LogP contribution in [0.2, 0.25) is 0 Å². The second-order valence-corrected chi connectivity index (χ2v) is 21.4. The van der Waals surface area contributed by atoms with Crippen LogP contribution in [0.1, 0.15) is 47.2 Å². The van der Waals surface area contributed by atoms with Crippen LogP contribution in [0.25, 0.3) is 77.6 Å². The van der Waals surface area contributed by atoms with E-state index in [2.05, 4.69) is 261 Å². The number of hydrogen-bond donors (Lipinski definition) is 0. The zero-order valence-electron chi connectivity index (χ0n) is 40.4. The number of nitrogens with zero attached hydrogens (tertiary/aromatic N) is 1. The molecule has 0 bridgehead atoms. The predicted molar refractivity (Wildman–Crippen MR) is 304 cm³/mol. The summed E-state index contributed by atoms with van der Waals surface area (Å²) in [4.78, 5) is 5.09. The third-order valence-corrected chi connectivity index (χ3v) is 17.3. The number of hydrogen-bond acceptors (Lipinski definition) is 3. The van der Waals surface area contributed by atoms with Crippen LogP contribution < -0.4 is 4.90 Å². The lowest BCUT2D eigenvalue weighted by Crippen LogP contribution is -2.32. The minimum absolute atomic E-state index is 0.200. The summed E-state index contributed by atoms with van der Waals surface area (Å²) in [5.74, 6) is 0. The fraction of sp³-hybridized carbons (Fsp3) is 0.0571. The lowest BCUT2D eigenvalue weighted by Gasteiger charge is -2.41. The van der Waals surface area contributed by atoms with Gasteiger partial charge in [-0.2, -0.15) is 0 Å². The van der Waals surface area contributed by atoms with Gasteiger partial charge in [-0.25, -0.2) is 0 Å². The van der Waals surface area contributed by atoms with Crippen molar-refractivity contribution < 1.29 is 4.42 Å². The summed E-state index contributed by atoms with van der Waals surface area (Å²) in [6.45, 7) is 4.76. The first-order valence-corrected chi connectivity index (χ1v) is 26.1. The molecule has 0 N–H and O–H groups in total. The van der Waals surface area contributed by atoms with Gasteiger partial charge in [-0.1, -0.05) is 214 Å². The Bertz CT molecular complexity index is 4190. The van der Waals surface area contributed by atoms with Gasteiger partial charge in [-0.05, 0) is 150 Å². The number of anilines is 3. The van der Waals surface area contributed by atoms with Crippen LogP contribution in [0.4, 0.5) is 17.1 Å². The molecule has 3 heteroatoms. The van der Waals surface area contributed by atoms with E-state index < -0.39 is 5.41 Å². The van der Waals surface area contributed by atoms with Crippen molar-refractivity contribution >= 4 is 50.8 Å². The lowest BCUT2D eigenvalue weighted by atomic mass is 9.66. The Morgan fingerprint density at radius 2 is 0.890 bits per heavy atom. The third kappa shape index (κ3) is 6.13. The summed E-state index contributed by atoms with van der Waals surface area (Å²) in [6.07, 6.45) is 0. The Labute approximate surface area is 429 Å². The normalized spacial score (nSPS) is 14.1. The van der Waals surface area contributed by atoms with Crippen molar-refractivity contribution in [3.8, 4) is 55.6 Å². The Hall–Kier alpha value is -8.63. The maximum Gasteiger partial charge on any atom is 0.136 e. The van der Waals surface area contributed by atoms with Gasteiger partial charge in [0.2, 0.25) is 0 Å².